The standard InChI is InChI=1S/C21H38O3/c1-15(14-18(22)24-6)8-9-17-20(4)12-7-11-19(2,3)16(20)10-13-21(17,5)23/h15-17,23H,7-14H2,1-6H3/t15-,16+,17-,20+,21-/m1/s1. The van der Waals surface area contributed by atoms with Crippen LogP contribution in [0.4, 0.5) is 0 Å². The quantitative estimate of drug-likeness (QED) is 0.721. The number of rotatable bonds is 5. The van der Waals surface area contributed by atoms with Crippen molar-refractivity contribution in [3.8, 4) is 0 Å². The first-order valence-corrected chi connectivity index (χ1v) is 9.82. The van der Waals surface area contributed by atoms with Crippen LogP contribution in [0.1, 0.15) is 86.0 Å². The van der Waals surface area contributed by atoms with Gasteiger partial charge in [-0.2, -0.15) is 0 Å². The maximum absolute atomic E-state index is 11.5. The third-order valence-corrected chi connectivity index (χ3v) is 7.45. The lowest BCUT2D eigenvalue weighted by molar-refractivity contribution is -0.170. The number of hydrogen-bond donors (Lipinski definition) is 1. The minimum Gasteiger partial charge on any atom is -0.469 e. The summed E-state index contributed by atoms with van der Waals surface area (Å²) in [6.45, 7) is 11.4. The number of esters is 1. The van der Waals surface area contributed by atoms with Crippen molar-refractivity contribution in [1.82, 2.24) is 0 Å². The zero-order valence-electron chi connectivity index (χ0n) is 16.7. The molecule has 3 nitrogen and oxygen atoms in total. The van der Waals surface area contributed by atoms with Crippen LogP contribution in [0.2, 0.25) is 0 Å². The molecule has 2 aliphatic carbocycles. The van der Waals surface area contributed by atoms with Crippen molar-refractivity contribution in [2.24, 2.45) is 28.6 Å². The molecule has 0 bridgehead atoms. The van der Waals surface area contributed by atoms with Crippen LogP contribution < -0.4 is 0 Å². The van der Waals surface area contributed by atoms with Crippen LogP contribution in [-0.4, -0.2) is 23.8 Å². The summed E-state index contributed by atoms with van der Waals surface area (Å²) in [7, 11) is 1.46. The summed E-state index contributed by atoms with van der Waals surface area (Å²) >= 11 is 0. The first kappa shape index (κ1) is 19.8. The van der Waals surface area contributed by atoms with Gasteiger partial charge in [0.05, 0.1) is 12.7 Å². The van der Waals surface area contributed by atoms with Gasteiger partial charge in [0.25, 0.3) is 0 Å². The summed E-state index contributed by atoms with van der Waals surface area (Å²) < 4.78 is 4.80. The van der Waals surface area contributed by atoms with Crippen molar-refractivity contribution in [2.75, 3.05) is 7.11 Å². The predicted molar refractivity (Wildman–Crippen MR) is 97.6 cm³/mol. The molecule has 1 N–H and O–H groups in total. The third kappa shape index (κ3) is 3.81. The SMILES string of the molecule is COC(=O)C[C@H](C)CC[C@@H]1[C@@]2(C)CCCC(C)(C)[C@@H]2CC[C@@]1(C)O. The molecular formula is C21H38O3. The van der Waals surface area contributed by atoms with E-state index in [0.29, 0.717) is 29.6 Å². The summed E-state index contributed by atoms with van der Waals surface area (Å²) in [5, 5.41) is 11.2. The second-order valence-electron chi connectivity index (χ2n) is 9.81. The smallest absolute Gasteiger partial charge is 0.305 e. The van der Waals surface area contributed by atoms with E-state index in [9.17, 15) is 9.90 Å². The monoisotopic (exact) mass is 338 g/mol. The van der Waals surface area contributed by atoms with Crippen molar-refractivity contribution in [3.05, 3.63) is 0 Å². The highest BCUT2D eigenvalue weighted by molar-refractivity contribution is 5.69. The van der Waals surface area contributed by atoms with Gasteiger partial charge in [-0.1, -0.05) is 34.1 Å². The van der Waals surface area contributed by atoms with Crippen LogP contribution in [0.3, 0.4) is 0 Å². The molecule has 0 radical (unpaired) electrons. The molecule has 0 unspecified atom stereocenters. The molecular weight excluding hydrogens is 300 g/mol. The van der Waals surface area contributed by atoms with Gasteiger partial charge in [0.2, 0.25) is 0 Å². The summed E-state index contributed by atoms with van der Waals surface area (Å²) in [6, 6.07) is 0. The highest BCUT2D eigenvalue weighted by atomic mass is 16.5. The lowest BCUT2D eigenvalue weighted by Crippen LogP contribution is -2.57. The van der Waals surface area contributed by atoms with Gasteiger partial charge in [-0.05, 0) is 74.0 Å². The zero-order valence-corrected chi connectivity index (χ0v) is 16.7. The van der Waals surface area contributed by atoms with Crippen LogP contribution in [0.25, 0.3) is 0 Å². The molecule has 0 aromatic heterocycles. The Morgan fingerprint density at radius 3 is 2.50 bits per heavy atom. The molecule has 0 aromatic rings. The average Bonchev–Trinajstić information content (AvgIpc) is 2.44. The van der Waals surface area contributed by atoms with Crippen molar-refractivity contribution in [1.29, 1.82) is 0 Å². The molecule has 0 aromatic carbocycles. The molecule has 140 valence electrons. The van der Waals surface area contributed by atoms with Crippen LogP contribution in [0.5, 0.6) is 0 Å². The van der Waals surface area contributed by atoms with Crippen LogP contribution in [0.15, 0.2) is 0 Å². The third-order valence-electron chi connectivity index (χ3n) is 7.45. The lowest BCUT2D eigenvalue weighted by atomic mass is 9.45. The second-order valence-corrected chi connectivity index (χ2v) is 9.81. The molecule has 3 heteroatoms. The van der Waals surface area contributed by atoms with Gasteiger partial charge < -0.3 is 9.84 Å². The Balaban J connectivity index is 2.13. The summed E-state index contributed by atoms with van der Waals surface area (Å²) in [6.07, 6.45) is 8.33. The molecule has 5 atom stereocenters. The van der Waals surface area contributed by atoms with E-state index in [-0.39, 0.29) is 11.4 Å². The van der Waals surface area contributed by atoms with E-state index in [1.165, 1.54) is 26.4 Å². The summed E-state index contributed by atoms with van der Waals surface area (Å²) in [5.74, 6) is 1.21. The fraction of sp³-hybridized carbons (Fsp3) is 0.952. The van der Waals surface area contributed by atoms with Gasteiger partial charge in [-0.15, -0.1) is 0 Å². The van der Waals surface area contributed by atoms with Crippen LogP contribution in [-0.2, 0) is 9.53 Å². The Morgan fingerprint density at radius 1 is 1.21 bits per heavy atom. The lowest BCUT2D eigenvalue weighted by Gasteiger charge is -2.61. The Kier molecular flexibility index (Phi) is 5.74. The minimum absolute atomic E-state index is 0.124. The highest BCUT2D eigenvalue weighted by Crippen LogP contribution is 2.63. The predicted octanol–water partition coefficient (Wildman–Crippen LogP) is 4.96. The molecule has 2 saturated carbocycles. The first-order chi connectivity index (χ1) is 11.0. The topological polar surface area (TPSA) is 46.5 Å². The van der Waals surface area contributed by atoms with Gasteiger partial charge in [0.15, 0.2) is 0 Å². The number of carbonyl (C=O) groups is 1. The van der Waals surface area contributed by atoms with Crippen molar-refractivity contribution < 1.29 is 14.6 Å². The van der Waals surface area contributed by atoms with Crippen molar-refractivity contribution in [2.45, 2.75) is 91.6 Å². The Labute approximate surface area is 148 Å². The molecule has 0 spiro atoms. The van der Waals surface area contributed by atoms with Gasteiger partial charge in [0.1, 0.15) is 0 Å². The largest absolute Gasteiger partial charge is 0.469 e. The molecule has 0 saturated heterocycles. The van der Waals surface area contributed by atoms with Crippen LogP contribution in [0, 0.1) is 28.6 Å². The van der Waals surface area contributed by atoms with Crippen LogP contribution >= 0.6 is 0 Å². The van der Waals surface area contributed by atoms with E-state index in [1.807, 2.05) is 6.92 Å². The van der Waals surface area contributed by atoms with Gasteiger partial charge >= 0.3 is 5.97 Å². The maximum Gasteiger partial charge on any atom is 0.305 e. The minimum atomic E-state index is -0.580. The van der Waals surface area contributed by atoms with Gasteiger partial charge in [-0.25, -0.2) is 0 Å². The zero-order chi connectivity index (χ0) is 18.2. The van der Waals surface area contributed by atoms with Gasteiger partial charge in [-0.3, -0.25) is 4.79 Å². The average molecular weight is 339 g/mol. The molecule has 0 heterocycles. The van der Waals surface area contributed by atoms with E-state index >= 15 is 0 Å². The van der Waals surface area contributed by atoms with Crippen molar-refractivity contribution in [3.63, 3.8) is 0 Å². The first-order valence-electron chi connectivity index (χ1n) is 9.82. The number of hydrogen-bond acceptors (Lipinski definition) is 3. The Hall–Kier alpha value is -0.570. The number of carbonyl (C=O) groups excluding carboxylic acids is 1. The van der Waals surface area contributed by atoms with Gasteiger partial charge in [0, 0.05) is 6.42 Å². The fourth-order valence-electron chi connectivity index (χ4n) is 6.19. The fourth-order valence-corrected chi connectivity index (χ4v) is 6.19. The van der Waals surface area contributed by atoms with E-state index in [2.05, 4.69) is 27.7 Å². The molecule has 24 heavy (non-hydrogen) atoms. The number of aliphatic hydroxyl groups is 1. The Morgan fingerprint density at radius 2 is 1.88 bits per heavy atom. The summed E-state index contributed by atoms with van der Waals surface area (Å²) in [5.41, 5.74) is 0.0114. The summed E-state index contributed by atoms with van der Waals surface area (Å²) in [4.78, 5) is 11.5. The number of ether oxygens (including phenoxy) is 1. The number of methoxy groups -OCH3 is 1. The molecule has 2 rings (SSSR count). The molecule has 2 aliphatic rings. The Bertz CT molecular complexity index is 454. The maximum atomic E-state index is 11.5. The van der Waals surface area contributed by atoms with E-state index in [0.717, 1.165) is 25.7 Å². The van der Waals surface area contributed by atoms with Crippen molar-refractivity contribution >= 4 is 5.97 Å². The van der Waals surface area contributed by atoms with E-state index in [1.54, 1.807) is 0 Å². The highest BCUT2D eigenvalue weighted by Gasteiger charge is 2.57. The molecule has 0 amide bonds. The normalized spacial score (nSPS) is 39.8. The number of fused-ring (bicyclic) bond motifs is 1. The van der Waals surface area contributed by atoms with E-state index < -0.39 is 5.60 Å². The van der Waals surface area contributed by atoms with E-state index in [4.69, 9.17) is 4.74 Å². The molecule has 2 fully saturated rings. The second kappa shape index (κ2) is 6.97. The molecule has 0 aliphatic heterocycles.